The number of hydrogen-bond donors (Lipinski definition) is 4. The van der Waals surface area contributed by atoms with E-state index in [1.807, 2.05) is 30.3 Å². The van der Waals surface area contributed by atoms with Crippen LogP contribution in [0.2, 0.25) is 0 Å². The largest absolute Gasteiger partial charge is 0.462 e. The van der Waals surface area contributed by atoms with Crippen LogP contribution in [-0.4, -0.2) is 98.7 Å². The third-order valence-corrected chi connectivity index (χ3v) is 13.8. The first-order valence-electron chi connectivity index (χ1n) is 17.9. The number of esters is 1. The van der Waals surface area contributed by atoms with E-state index in [-0.39, 0.29) is 36.8 Å². The van der Waals surface area contributed by atoms with Crippen LogP contribution in [0.3, 0.4) is 0 Å². The van der Waals surface area contributed by atoms with Gasteiger partial charge in [0.1, 0.15) is 24.2 Å². The number of rotatable bonds is 6. The van der Waals surface area contributed by atoms with Gasteiger partial charge in [0.05, 0.1) is 12.7 Å². The van der Waals surface area contributed by atoms with Crippen molar-refractivity contribution in [3.05, 3.63) is 59.7 Å². The number of ether oxygens (including phenoxy) is 1. The lowest BCUT2D eigenvalue weighted by Gasteiger charge is -2.62. The highest BCUT2D eigenvalue weighted by molar-refractivity contribution is 6.01. The molecule has 9 nitrogen and oxygen atoms in total. The molecule has 1 aromatic rings. The SMILES string of the molecule is CN1[C@@H]2CC[C@H]1CC(OC(=O)C(CO)c1ccccc1)C2.C[C@@H]1C[C@H]2[C@@H]3CCC4=CC(=O)C=C[C@]4(C)[C@@]3(F)[C@@H](O)C[C@]2(C)[C@@]1(O)C(=O)CO. The van der Waals surface area contributed by atoms with Crippen molar-refractivity contribution < 1.29 is 43.9 Å². The molecule has 49 heavy (non-hydrogen) atoms. The van der Waals surface area contributed by atoms with E-state index in [1.54, 1.807) is 26.8 Å². The summed E-state index contributed by atoms with van der Waals surface area (Å²) < 4.78 is 22.6. The number of fused-ring (bicyclic) bond motifs is 7. The number of nitrogens with zero attached hydrogens (tertiary/aromatic N) is 1. The van der Waals surface area contributed by atoms with Gasteiger partial charge in [-0.3, -0.25) is 14.4 Å². The van der Waals surface area contributed by atoms with Crippen LogP contribution in [0.25, 0.3) is 0 Å². The predicted molar refractivity (Wildman–Crippen MR) is 180 cm³/mol. The summed E-state index contributed by atoms with van der Waals surface area (Å²) in [4.78, 5) is 39.2. The van der Waals surface area contributed by atoms with Gasteiger partial charge in [-0.2, -0.15) is 0 Å². The van der Waals surface area contributed by atoms with E-state index in [0.717, 1.165) is 18.4 Å². The fourth-order valence-electron chi connectivity index (χ4n) is 11.0. The normalized spacial score (nSPS) is 42.9. The molecule has 12 atom stereocenters. The van der Waals surface area contributed by atoms with E-state index in [0.29, 0.717) is 36.9 Å². The lowest BCUT2D eigenvalue weighted by molar-refractivity contribution is -0.219. The molecule has 268 valence electrons. The van der Waals surface area contributed by atoms with Crippen LogP contribution in [0.5, 0.6) is 0 Å². The number of Topliss-reactive ketones (excluding diaryl/α,β-unsaturated/α-hetero) is 1. The molecule has 3 saturated carbocycles. The van der Waals surface area contributed by atoms with Gasteiger partial charge in [0.15, 0.2) is 17.2 Å². The molecule has 0 radical (unpaired) electrons. The van der Waals surface area contributed by atoms with Crippen molar-refractivity contribution in [3.8, 4) is 0 Å². The average Bonchev–Trinajstić information content (AvgIpc) is 3.39. The van der Waals surface area contributed by atoms with Crippen molar-refractivity contribution >= 4 is 17.5 Å². The molecule has 2 unspecified atom stereocenters. The molecular formula is C39H52FNO8. The van der Waals surface area contributed by atoms with Crippen molar-refractivity contribution in [1.29, 1.82) is 0 Å². The van der Waals surface area contributed by atoms with Gasteiger partial charge in [-0.05, 0) is 94.9 Å². The highest BCUT2D eigenvalue weighted by atomic mass is 19.1. The second-order valence-corrected chi connectivity index (χ2v) is 16.0. The first kappa shape index (κ1) is 36.0. The van der Waals surface area contributed by atoms with Crippen LogP contribution in [0.1, 0.15) is 83.6 Å². The van der Waals surface area contributed by atoms with Gasteiger partial charge < -0.3 is 30.1 Å². The van der Waals surface area contributed by atoms with Gasteiger partial charge >= 0.3 is 5.97 Å². The van der Waals surface area contributed by atoms with Crippen molar-refractivity contribution in [2.75, 3.05) is 20.3 Å². The predicted octanol–water partition coefficient (Wildman–Crippen LogP) is 3.83. The average molecular weight is 682 g/mol. The van der Waals surface area contributed by atoms with Gasteiger partial charge in [0.25, 0.3) is 0 Å². The summed E-state index contributed by atoms with van der Waals surface area (Å²) >= 11 is 0. The van der Waals surface area contributed by atoms with Crippen molar-refractivity contribution in [2.45, 2.75) is 114 Å². The van der Waals surface area contributed by atoms with E-state index in [2.05, 4.69) is 11.9 Å². The maximum Gasteiger partial charge on any atom is 0.316 e. The van der Waals surface area contributed by atoms with Crippen LogP contribution >= 0.6 is 0 Å². The topological polar surface area (TPSA) is 145 Å². The number of carbonyl (C=O) groups excluding carboxylic acids is 3. The lowest BCUT2D eigenvalue weighted by atomic mass is 9.44. The number of hydrogen-bond acceptors (Lipinski definition) is 9. The third kappa shape index (κ3) is 5.48. The molecule has 2 heterocycles. The summed E-state index contributed by atoms with van der Waals surface area (Å²) in [5.41, 5.74) is -4.35. The number of aliphatic hydroxyl groups is 4. The highest BCUT2D eigenvalue weighted by Gasteiger charge is 2.75. The number of carbonyl (C=O) groups is 3. The number of ketones is 2. The summed E-state index contributed by atoms with van der Waals surface area (Å²) in [5, 5.41) is 41.5. The Kier molecular flexibility index (Phi) is 9.63. The fraction of sp³-hybridized carbons (Fsp3) is 0.667. The van der Waals surface area contributed by atoms with Crippen molar-refractivity contribution in [3.63, 3.8) is 0 Å². The van der Waals surface area contributed by atoms with Gasteiger partial charge in [0, 0.05) is 28.8 Å². The molecule has 2 aliphatic heterocycles. The summed E-state index contributed by atoms with van der Waals surface area (Å²) in [6.45, 7) is 4.27. The fourth-order valence-corrected chi connectivity index (χ4v) is 11.0. The minimum absolute atomic E-state index is 0.00367. The monoisotopic (exact) mass is 681 g/mol. The van der Waals surface area contributed by atoms with Crippen LogP contribution in [-0.2, 0) is 19.1 Å². The first-order valence-corrected chi connectivity index (χ1v) is 17.9. The van der Waals surface area contributed by atoms with E-state index in [9.17, 15) is 34.8 Å². The smallest absolute Gasteiger partial charge is 0.316 e. The Morgan fingerprint density at radius 3 is 2.31 bits per heavy atom. The van der Waals surface area contributed by atoms with E-state index in [4.69, 9.17) is 4.74 Å². The van der Waals surface area contributed by atoms with Crippen LogP contribution < -0.4 is 0 Å². The number of aliphatic hydroxyl groups excluding tert-OH is 3. The molecule has 6 aliphatic rings. The lowest BCUT2D eigenvalue weighted by Crippen LogP contribution is -2.69. The third-order valence-electron chi connectivity index (χ3n) is 13.8. The number of halogens is 1. The minimum atomic E-state index is -1.98. The Hall–Kier alpha value is -2.76. The maximum absolute atomic E-state index is 16.9. The summed E-state index contributed by atoms with van der Waals surface area (Å²) in [7, 11) is 2.17. The Morgan fingerprint density at radius 1 is 1.04 bits per heavy atom. The van der Waals surface area contributed by atoms with Gasteiger partial charge in [0.2, 0.25) is 0 Å². The van der Waals surface area contributed by atoms with E-state index in [1.165, 1.54) is 25.0 Å². The standard InChI is InChI=1S/C22H29FO5.C17H23NO3/c1-12-8-16-15-5-4-13-9-14(25)6-7-19(13,2)21(15,23)17(26)10-20(16,3)22(12,28)18(27)11-24;1-18-13-7-8-14(18)10-15(9-13)21-17(20)16(11-19)12-5-3-2-4-6-12/h6-7,9,12,15-17,24,26,28H,4-5,8,10-11H2,1-3H3;2-6,13-16,19H,7-11H2,1H3/t12-,15+,16+,17+,19+,20+,21+,22+;13-,14+,15?,16?/m1./s1. The van der Waals surface area contributed by atoms with E-state index >= 15 is 4.39 Å². The minimum Gasteiger partial charge on any atom is -0.462 e. The second kappa shape index (κ2) is 13.1. The molecule has 4 aliphatic carbocycles. The molecule has 0 aromatic heterocycles. The van der Waals surface area contributed by atoms with Crippen LogP contribution in [0, 0.1) is 28.6 Å². The van der Waals surface area contributed by atoms with Gasteiger partial charge in [-0.1, -0.05) is 55.8 Å². The van der Waals surface area contributed by atoms with E-state index < -0.39 is 58.3 Å². The van der Waals surface area contributed by atoms with Gasteiger partial charge in [-0.25, -0.2) is 4.39 Å². The Balaban J connectivity index is 0.000000177. The number of benzene rings is 1. The number of alkyl halides is 1. The Bertz CT molecular complexity index is 1500. The zero-order chi connectivity index (χ0) is 35.5. The van der Waals surface area contributed by atoms with Crippen molar-refractivity contribution in [1.82, 2.24) is 4.90 Å². The summed E-state index contributed by atoms with van der Waals surface area (Å²) in [6.07, 6.45) is 8.70. The molecule has 5 fully saturated rings. The molecule has 4 N–H and O–H groups in total. The van der Waals surface area contributed by atoms with Crippen LogP contribution in [0.4, 0.5) is 4.39 Å². The quantitative estimate of drug-likeness (QED) is 0.330. The zero-order valence-corrected chi connectivity index (χ0v) is 29.1. The number of piperidine rings is 1. The molecule has 0 amide bonds. The molecular weight excluding hydrogens is 629 g/mol. The maximum atomic E-state index is 16.9. The molecule has 7 rings (SSSR count). The number of allylic oxidation sites excluding steroid dienone is 4. The Labute approximate surface area is 288 Å². The zero-order valence-electron chi connectivity index (χ0n) is 29.1. The van der Waals surface area contributed by atoms with Crippen LogP contribution in [0.15, 0.2) is 54.1 Å². The first-order chi connectivity index (χ1) is 23.1. The molecule has 2 saturated heterocycles. The Morgan fingerprint density at radius 2 is 1.69 bits per heavy atom. The highest BCUT2D eigenvalue weighted by Crippen LogP contribution is 2.70. The molecule has 1 aromatic carbocycles. The second-order valence-electron chi connectivity index (χ2n) is 16.0. The molecule has 10 heteroatoms. The summed E-state index contributed by atoms with van der Waals surface area (Å²) in [5.74, 6) is -2.98. The van der Waals surface area contributed by atoms with Crippen molar-refractivity contribution in [2.24, 2.45) is 28.6 Å². The summed E-state index contributed by atoms with van der Waals surface area (Å²) in [6, 6.07) is 10.5. The van der Waals surface area contributed by atoms with Gasteiger partial charge in [-0.15, -0.1) is 0 Å². The molecule has 0 spiro atoms. The molecule has 2 bridgehead atoms.